The second-order valence-electron chi connectivity index (χ2n) is 8.44. The molecule has 1 aromatic heterocycles. The number of nitrogens with zero attached hydrogens (tertiary/aromatic N) is 4. The van der Waals surface area contributed by atoms with Gasteiger partial charge in [0.05, 0.1) is 25.6 Å². The van der Waals surface area contributed by atoms with Gasteiger partial charge in [0, 0.05) is 44.8 Å². The maximum absolute atomic E-state index is 13.3. The quantitative estimate of drug-likeness (QED) is 0.637. The monoisotopic (exact) mass is 426 g/mol. The molecule has 2 aromatic rings. The Labute approximate surface area is 185 Å². The number of aryl methyl sites for hydroxylation is 1. The number of carbonyl (C=O) groups is 1. The first-order valence-corrected chi connectivity index (χ1v) is 10.8. The maximum Gasteiger partial charge on any atom is 0.324 e. The standard InChI is InChI=1S/C24H34N4O3/c1-7-18-11-12-19(21(14-18)30-5)28(8-2)23(29)27-16-24(3,17-27)15-26(4)20-10-9-13-25-22(20)31-6/h9-14H,7-8,15-17H2,1-6H3. The lowest BCUT2D eigenvalue weighted by molar-refractivity contribution is 0.0561. The fourth-order valence-electron chi connectivity index (χ4n) is 4.34. The largest absolute Gasteiger partial charge is 0.495 e. The second-order valence-corrected chi connectivity index (χ2v) is 8.44. The van der Waals surface area contributed by atoms with E-state index in [1.165, 1.54) is 5.56 Å². The van der Waals surface area contributed by atoms with Crippen molar-refractivity contribution in [3.63, 3.8) is 0 Å². The third-order valence-electron chi connectivity index (χ3n) is 5.88. The summed E-state index contributed by atoms with van der Waals surface area (Å²) in [6.45, 7) is 9.10. The number of anilines is 2. The molecule has 0 aliphatic carbocycles. The Hall–Kier alpha value is -2.96. The number of benzene rings is 1. The zero-order chi connectivity index (χ0) is 22.6. The number of ether oxygens (including phenoxy) is 2. The summed E-state index contributed by atoms with van der Waals surface area (Å²) < 4.78 is 11.0. The van der Waals surface area contributed by atoms with Crippen molar-refractivity contribution in [1.29, 1.82) is 0 Å². The summed E-state index contributed by atoms with van der Waals surface area (Å²) in [5.41, 5.74) is 2.96. The molecule has 1 aliphatic rings. The highest BCUT2D eigenvalue weighted by Gasteiger charge is 2.44. The molecule has 31 heavy (non-hydrogen) atoms. The normalized spacial score (nSPS) is 14.6. The molecule has 0 spiro atoms. The Kier molecular flexibility index (Phi) is 6.93. The van der Waals surface area contributed by atoms with Crippen LogP contribution in [0.2, 0.25) is 0 Å². The van der Waals surface area contributed by atoms with Crippen LogP contribution in [0.5, 0.6) is 11.6 Å². The van der Waals surface area contributed by atoms with E-state index < -0.39 is 0 Å². The smallest absolute Gasteiger partial charge is 0.324 e. The molecule has 1 saturated heterocycles. The van der Waals surface area contributed by atoms with Crippen LogP contribution in [-0.2, 0) is 6.42 Å². The Morgan fingerprint density at radius 3 is 2.52 bits per heavy atom. The van der Waals surface area contributed by atoms with Crippen molar-refractivity contribution in [2.75, 3.05) is 57.2 Å². The van der Waals surface area contributed by atoms with Gasteiger partial charge >= 0.3 is 6.03 Å². The summed E-state index contributed by atoms with van der Waals surface area (Å²) >= 11 is 0. The van der Waals surface area contributed by atoms with E-state index in [1.807, 2.05) is 43.1 Å². The molecular weight excluding hydrogens is 392 g/mol. The van der Waals surface area contributed by atoms with Crippen LogP contribution in [-0.4, -0.2) is 63.4 Å². The van der Waals surface area contributed by atoms with Gasteiger partial charge < -0.3 is 19.3 Å². The van der Waals surface area contributed by atoms with E-state index in [0.29, 0.717) is 25.5 Å². The highest BCUT2D eigenvalue weighted by molar-refractivity contribution is 5.94. The fraction of sp³-hybridized carbons (Fsp3) is 0.500. The van der Waals surface area contributed by atoms with Crippen LogP contribution < -0.4 is 19.3 Å². The zero-order valence-electron chi connectivity index (χ0n) is 19.5. The van der Waals surface area contributed by atoms with Crippen molar-refractivity contribution in [2.24, 2.45) is 5.41 Å². The predicted molar refractivity (Wildman–Crippen MR) is 125 cm³/mol. The van der Waals surface area contributed by atoms with Crippen LogP contribution in [0, 0.1) is 5.41 Å². The highest BCUT2D eigenvalue weighted by atomic mass is 16.5. The maximum atomic E-state index is 13.3. The number of rotatable bonds is 8. The molecule has 0 bridgehead atoms. The number of methoxy groups -OCH3 is 2. The summed E-state index contributed by atoms with van der Waals surface area (Å²) in [6, 6.07) is 9.99. The third kappa shape index (κ3) is 4.70. The molecule has 1 aliphatic heterocycles. The van der Waals surface area contributed by atoms with Crippen LogP contribution in [0.4, 0.5) is 16.2 Å². The topological polar surface area (TPSA) is 58.1 Å². The molecule has 1 aromatic carbocycles. The summed E-state index contributed by atoms with van der Waals surface area (Å²) in [5.74, 6) is 1.35. The molecule has 1 fully saturated rings. The molecular formula is C24H34N4O3. The molecule has 7 heteroatoms. The highest BCUT2D eigenvalue weighted by Crippen LogP contribution is 2.36. The molecule has 7 nitrogen and oxygen atoms in total. The van der Waals surface area contributed by atoms with Crippen molar-refractivity contribution in [3.8, 4) is 11.6 Å². The van der Waals surface area contributed by atoms with Crippen molar-refractivity contribution in [1.82, 2.24) is 9.88 Å². The minimum atomic E-state index is 0.000822. The Bertz CT molecular complexity index is 911. The van der Waals surface area contributed by atoms with Gasteiger partial charge in [-0.1, -0.05) is 19.9 Å². The molecule has 168 valence electrons. The van der Waals surface area contributed by atoms with E-state index in [9.17, 15) is 4.79 Å². The van der Waals surface area contributed by atoms with Gasteiger partial charge in [-0.05, 0) is 43.2 Å². The van der Waals surface area contributed by atoms with E-state index in [0.717, 1.165) is 30.1 Å². The first-order valence-electron chi connectivity index (χ1n) is 10.8. The zero-order valence-corrected chi connectivity index (χ0v) is 19.5. The summed E-state index contributed by atoms with van der Waals surface area (Å²) in [5, 5.41) is 0. The predicted octanol–water partition coefficient (Wildman–Crippen LogP) is 4.07. The summed E-state index contributed by atoms with van der Waals surface area (Å²) in [7, 11) is 5.32. The van der Waals surface area contributed by atoms with Gasteiger partial charge in [-0.2, -0.15) is 0 Å². The van der Waals surface area contributed by atoms with Gasteiger partial charge in [0.1, 0.15) is 5.75 Å². The molecule has 0 atom stereocenters. The lowest BCUT2D eigenvalue weighted by atomic mass is 9.81. The number of urea groups is 1. The minimum Gasteiger partial charge on any atom is -0.495 e. The van der Waals surface area contributed by atoms with Crippen LogP contribution >= 0.6 is 0 Å². The molecule has 0 radical (unpaired) electrons. The average Bonchev–Trinajstić information content (AvgIpc) is 2.77. The van der Waals surface area contributed by atoms with Crippen molar-refractivity contribution < 1.29 is 14.3 Å². The second kappa shape index (κ2) is 9.45. The van der Waals surface area contributed by atoms with Crippen molar-refractivity contribution >= 4 is 17.4 Å². The van der Waals surface area contributed by atoms with Gasteiger partial charge in [-0.3, -0.25) is 4.90 Å². The molecule has 0 unspecified atom stereocenters. The van der Waals surface area contributed by atoms with E-state index in [2.05, 4.69) is 29.8 Å². The average molecular weight is 427 g/mol. The fourth-order valence-corrected chi connectivity index (χ4v) is 4.34. The number of hydrogen-bond donors (Lipinski definition) is 0. The van der Waals surface area contributed by atoms with E-state index in [4.69, 9.17) is 9.47 Å². The number of likely N-dealkylation sites (tertiary alicyclic amines) is 1. The van der Waals surface area contributed by atoms with Gasteiger partial charge in [0.2, 0.25) is 5.88 Å². The first kappa shape index (κ1) is 22.7. The molecule has 2 heterocycles. The lowest BCUT2D eigenvalue weighted by Crippen LogP contribution is -2.63. The van der Waals surface area contributed by atoms with Crippen LogP contribution in [0.3, 0.4) is 0 Å². The van der Waals surface area contributed by atoms with Crippen molar-refractivity contribution in [2.45, 2.75) is 27.2 Å². The molecule has 2 amide bonds. The Balaban J connectivity index is 1.68. The number of carbonyl (C=O) groups excluding carboxylic acids is 1. The number of amides is 2. The summed E-state index contributed by atoms with van der Waals surface area (Å²) in [6.07, 6.45) is 2.65. The number of hydrogen-bond acceptors (Lipinski definition) is 5. The van der Waals surface area contributed by atoms with Gasteiger partial charge in [-0.15, -0.1) is 0 Å². The van der Waals surface area contributed by atoms with Crippen LogP contribution in [0.25, 0.3) is 0 Å². The lowest BCUT2D eigenvalue weighted by Gasteiger charge is -2.50. The molecule has 0 N–H and O–H groups in total. The van der Waals surface area contributed by atoms with Gasteiger partial charge in [0.15, 0.2) is 0 Å². The van der Waals surface area contributed by atoms with Crippen LogP contribution in [0.1, 0.15) is 26.3 Å². The number of pyridine rings is 1. The van der Waals surface area contributed by atoms with Gasteiger partial charge in [-0.25, -0.2) is 9.78 Å². The van der Waals surface area contributed by atoms with Crippen LogP contribution in [0.15, 0.2) is 36.5 Å². The van der Waals surface area contributed by atoms with E-state index in [-0.39, 0.29) is 11.4 Å². The SMILES string of the molecule is CCc1ccc(N(CC)C(=O)N2CC(C)(CN(C)c3cccnc3OC)C2)c(OC)c1. The first-order chi connectivity index (χ1) is 14.9. The van der Waals surface area contributed by atoms with Crippen molar-refractivity contribution in [3.05, 3.63) is 42.1 Å². The van der Waals surface area contributed by atoms with E-state index in [1.54, 1.807) is 25.3 Å². The van der Waals surface area contributed by atoms with Gasteiger partial charge in [0.25, 0.3) is 0 Å². The van der Waals surface area contributed by atoms with E-state index >= 15 is 0 Å². The number of aromatic nitrogens is 1. The minimum absolute atomic E-state index is 0.000822. The Morgan fingerprint density at radius 1 is 1.16 bits per heavy atom. The molecule has 3 rings (SSSR count). The summed E-state index contributed by atoms with van der Waals surface area (Å²) in [4.78, 5) is 23.4. The Morgan fingerprint density at radius 2 is 1.90 bits per heavy atom. The molecule has 0 saturated carbocycles. The third-order valence-corrected chi connectivity index (χ3v) is 5.88.